The van der Waals surface area contributed by atoms with E-state index in [-0.39, 0.29) is 37.6 Å². The molecule has 33 heavy (non-hydrogen) atoms. The molecule has 0 saturated carbocycles. The minimum Gasteiger partial charge on any atom is -0.423 e. The van der Waals surface area contributed by atoms with Crippen LogP contribution in [0.15, 0.2) is 28.1 Å². The fourth-order valence-corrected chi connectivity index (χ4v) is 5.18. The van der Waals surface area contributed by atoms with Crippen LogP contribution in [0.5, 0.6) is 5.75 Å². The first-order valence-electron chi connectivity index (χ1n) is 10.8. The molecule has 12 heteroatoms. The van der Waals surface area contributed by atoms with Gasteiger partial charge in [0, 0.05) is 49.8 Å². The first-order valence-corrected chi connectivity index (χ1v) is 11.6. The Morgan fingerprint density at radius 1 is 1.24 bits per heavy atom. The van der Waals surface area contributed by atoms with Crippen LogP contribution in [0.25, 0.3) is 21.7 Å². The number of anilines is 1. The normalized spacial score (nSPS) is 23.0. The van der Waals surface area contributed by atoms with Crippen molar-refractivity contribution in [1.82, 2.24) is 20.2 Å². The third-order valence-electron chi connectivity index (χ3n) is 6.14. The van der Waals surface area contributed by atoms with Crippen LogP contribution in [0.4, 0.5) is 14.8 Å². The number of piperazine rings is 1. The predicted octanol–water partition coefficient (Wildman–Crippen LogP) is 2.33. The molecule has 0 spiro atoms. The molecule has 4 fully saturated rings. The van der Waals surface area contributed by atoms with E-state index in [0.29, 0.717) is 34.3 Å². The second-order valence-corrected chi connectivity index (χ2v) is 9.24. The summed E-state index contributed by atoms with van der Waals surface area (Å²) in [5, 5.41) is 5.93. The molecule has 1 aromatic carbocycles. The van der Waals surface area contributed by atoms with Crippen molar-refractivity contribution >= 4 is 34.4 Å². The molecule has 1 amide bonds. The number of aromatic nitrogens is 2. The van der Waals surface area contributed by atoms with Crippen molar-refractivity contribution in [2.24, 2.45) is 0 Å². The number of nitrogens with one attached hydrogen (secondary N) is 1. The van der Waals surface area contributed by atoms with E-state index in [1.54, 1.807) is 12.3 Å². The van der Waals surface area contributed by atoms with Gasteiger partial charge in [0.1, 0.15) is 5.01 Å². The van der Waals surface area contributed by atoms with Gasteiger partial charge in [-0.25, -0.2) is 4.98 Å². The molecule has 7 rings (SSSR count). The summed E-state index contributed by atoms with van der Waals surface area (Å²) in [5.74, 6) is -1.61. The summed E-state index contributed by atoms with van der Waals surface area (Å²) in [6.45, 7) is 2.06. The Kier molecular flexibility index (Phi) is 4.96. The van der Waals surface area contributed by atoms with E-state index in [4.69, 9.17) is 13.9 Å². The van der Waals surface area contributed by atoms with E-state index in [1.165, 1.54) is 17.4 Å². The molecule has 174 valence electrons. The zero-order valence-electron chi connectivity index (χ0n) is 17.5. The number of halogens is 2. The Labute approximate surface area is 191 Å². The molecular weight excluding hydrogens is 456 g/mol. The highest BCUT2D eigenvalue weighted by Crippen LogP contribution is 2.40. The average Bonchev–Trinajstić information content (AvgIpc) is 3.50. The summed E-state index contributed by atoms with van der Waals surface area (Å²) in [5.41, 5.74) is 1.08. The summed E-state index contributed by atoms with van der Waals surface area (Å²) in [4.78, 5) is 24.3. The van der Waals surface area contributed by atoms with Crippen molar-refractivity contribution in [3.63, 3.8) is 0 Å². The van der Waals surface area contributed by atoms with Crippen molar-refractivity contribution in [2.45, 2.75) is 24.6 Å². The minimum atomic E-state index is -4.05. The standard InChI is InChI=1S/C21H21F2N5O4S/c22-21(23,19(29)27-4-6-30-7-5-27)32-15-2-1-14(18-24-3-8-33-18)17-16(15)26-20(31-17)28-10-12-9-13(11-28)25-12/h1-3,8,12-13,25H,4-7,9-11H2. The number of morpholine rings is 1. The third-order valence-corrected chi connectivity index (χ3v) is 6.94. The van der Waals surface area contributed by atoms with Gasteiger partial charge >= 0.3 is 12.0 Å². The number of amides is 1. The van der Waals surface area contributed by atoms with Gasteiger partial charge in [0.05, 0.1) is 18.8 Å². The van der Waals surface area contributed by atoms with Crippen LogP contribution >= 0.6 is 11.3 Å². The maximum Gasteiger partial charge on any atom is 0.482 e. The molecule has 6 heterocycles. The van der Waals surface area contributed by atoms with E-state index < -0.39 is 12.0 Å². The van der Waals surface area contributed by atoms with Crippen molar-refractivity contribution in [3.8, 4) is 16.3 Å². The zero-order valence-corrected chi connectivity index (χ0v) is 18.3. The van der Waals surface area contributed by atoms with Crippen LogP contribution in [0.3, 0.4) is 0 Å². The number of piperidine rings is 1. The topological polar surface area (TPSA) is 93.0 Å². The van der Waals surface area contributed by atoms with Gasteiger partial charge in [0.25, 0.3) is 6.01 Å². The lowest BCUT2D eigenvalue weighted by Crippen LogP contribution is -2.67. The molecule has 2 unspecified atom stereocenters. The highest BCUT2D eigenvalue weighted by atomic mass is 32.1. The second-order valence-electron chi connectivity index (χ2n) is 8.35. The monoisotopic (exact) mass is 477 g/mol. The second kappa shape index (κ2) is 7.89. The molecule has 2 aromatic heterocycles. The largest absolute Gasteiger partial charge is 0.482 e. The highest BCUT2D eigenvalue weighted by Gasteiger charge is 2.46. The van der Waals surface area contributed by atoms with E-state index in [1.807, 2.05) is 10.3 Å². The van der Waals surface area contributed by atoms with Gasteiger partial charge in [-0.05, 0) is 18.6 Å². The van der Waals surface area contributed by atoms with Gasteiger partial charge < -0.3 is 29.0 Å². The number of hydrogen-bond donors (Lipinski definition) is 1. The number of nitrogens with zero attached hydrogens (tertiary/aromatic N) is 4. The van der Waals surface area contributed by atoms with Crippen molar-refractivity contribution in [2.75, 3.05) is 44.3 Å². The Morgan fingerprint density at radius 2 is 2.00 bits per heavy atom. The number of thiazole rings is 1. The summed E-state index contributed by atoms with van der Waals surface area (Å²) in [6.07, 6.45) is -1.29. The molecule has 2 bridgehead atoms. The minimum absolute atomic E-state index is 0.0929. The van der Waals surface area contributed by atoms with Crippen LogP contribution in [0, 0.1) is 0 Å². The first-order chi connectivity index (χ1) is 16.0. The Morgan fingerprint density at radius 3 is 2.70 bits per heavy atom. The van der Waals surface area contributed by atoms with E-state index in [0.717, 1.165) is 24.4 Å². The molecule has 2 atom stereocenters. The lowest BCUT2D eigenvalue weighted by molar-refractivity contribution is -0.206. The molecule has 4 aliphatic heterocycles. The fourth-order valence-electron chi connectivity index (χ4n) is 4.52. The molecule has 9 nitrogen and oxygen atoms in total. The Bertz CT molecular complexity index is 1170. The quantitative estimate of drug-likeness (QED) is 0.599. The van der Waals surface area contributed by atoms with E-state index in [9.17, 15) is 13.6 Å². The summed E-state index contributed by atoms with van der Waals surface area (Å²) in [7, 11) is 0. The Hall–Kier alpha value is -2.83. The number of hydrogen-bond acceptors (Lipinski definition) is 9. The molecule has 1 N–H and O–H groups in total. The average molecular weight is 477 g/mol. The van der Waals surface area contributed by atoms with Crippen molar-refractivity contribution < 1.29 is 27.5 Å². The number of oxazole rings is 1. The fraction of sp³-hybridized carbons (Fsp3) is 0.476. The molecular formula is C21H21F2N5O4S. The molecule has 0 aliphatic carbocycles. The maximum absolute atomic E-state index is 14.9. The number of carbonyl (C=O) groups excluding carboxylic acids is 1. The summed E-state index contributed by atoms with van der Waals surface area (Å²) in [6, 6.07) is 4.07. The zero-order chi connectivity index (χ0) is 22.6. The number of benzene rings is 1. The van der Waals surface area contributed by atoms with Gasteiger partial charge in [-0.3, -0.25) is 4.79 Å². The number of carbonyl (C=O) groups is 1. The van der Waals surface area contributed by atoms with Gasteiger partial charge in [-0.15, -0.1) is 11.3 Å². The molecule has 0 radical (unpaired) electrons. The number of rotatable bonds is 5. The Balaban J connectivity index is 1.36. The van der Waals surface area contributed by atoms with Gasteiger partial charge in [-0.2, -0.15) is 13.8 Å². The third kappa shape index (κ3) is 3.71. The van der Waals surface area contributed by atoms with Gasteiger partial charge in [0.15, 0.2) is 16.8 Å². The van der Waals surface area contributed by atoms with Crippen molar-refractivity contribution in [3.05, 3.63) is 23.7 Å². The SMILES string of the molecule is O=C(N1CCOCC1)C(F)(F)Oc1ccc(-c2nccs2)c2oc(N3CC4CC(C3)N4)nc12. The van der Waals surface area contributed by atoms with Crippen LogP contribution in [-0.4, -0.2) is 78.4 Å². The van der Waals surface area contributed by atoms with Gasteiger partial charge in [0.2, 0.25) is 0 Å². The lowest BCUT2D eigenvalue weighted by atomic mass is 9.92. The van der Waals surface area contributed by atoms with Crippen LogP contribution in [0.2, 0.25) is 0 Å². The summed E-state index contributed by atoms with van der Waals surface area (Å²) < 4.78 is 46.0. The lowest BCUT2D eigenvalue weighted by Gasteiger charge is -2.47. The van der Waals surface area contributed by atoms with E-state index in [2.05, 4.69) is 15.3 Å². The number of ether oxygens (including phenoxy) is 2. The maximum atomic E-state index is 14.9. The molecule has 3 aromatic rings. The summed E-state index contributed by atoms with van der Waals surface area (Å²) >= 11 is 1.40. The number of alkyl halides is 2. The highest BCUT2D eigenvalue weighted by molar-refractivity contribution is 7.13. The molecule has 4 saturated heterocycles. The van der Waals surface area contributed by atoms with Crippen LogP contribution in [-0.2, 0) is 9.53 Å². The number of fused-ring (bicyclic) bond motifs is 3. The van der Waals surface area contributed by atoms with Crippen LogP contribution < -0.4 is 15.0 Å². The predicted molar refractivity (Wildman–Crippen MR) is 116 cm³/mol. The first kappa shape index (κ1) is 20.8. The molecule has 4 aliphatic rings. The van der Waals surface area contributed by atoms with E-state index >= 15 is 0 Å². The van der Waals surface area contributed by atoms with Gasteiger partial charge in [-0.1, -0.05) is 0 Å². The smallest absolute Gasteiger partial charge is 0.423 e. The van der Waals surface area contributed by atoms with Crippen LogP contribution in [0.1, 0.15) is 6.42 Å². The van der Waals surface area contributed by atoms with Crippen molar-refractivity contribution in [1.29, 1.82) is 0 Å².